The van der Waals surface area contributed by atoms with Gasteiger partial charge in [-0.25, -0.2) is 0 Å². The molecule has 0 radical (unpaired) electrons. The van der Waals surface area contributed by atoms with Crippen molar-refractivity contribution in [3.63, 3.8) is 0 Å². The van der Waals surface area contributed by atoms with Crippen LogP contribution in [0.5, 0.6) is 0 Å². The molecule has 2 aliphatic rings. The van der Waals surface area contributed by atoms with Crippen LogP contribution in [0.2, 0.25) is 0 Å². The minimum absolute atomic E-state index is 0.0804. The summed E-state index contributed by atoms with van der Waals surface area (Å²) in [6, 6.07) is 2.39. The minimum Gasteiger partial charge on any atom is -0.393 e. The third-order valence-corrected chi connectivity index (χ3v) is 4.79. The molecule has 1 saturated heterocycles. The van der Waals surface area contributed by atoms with Crippen molar-refractivity contribution >= 4 is 5.91 Å². The maximum atomic E-state index is 12.5. The highest BCUT2D eigenvalue weighted by molar-refractivity contribution is 5.78. The molecule has 0 aromatic rings. The number of carbonyl (C=O) groups excluding carboxylic acids is 1. The molecule has 20 heavy (non-hydrogen) atoms. The summed E-state index contributed by atoms with van der Waals surface area (Å²) in [5.41, 5.74) is -0.602. The smallest absolute Gasteiger partial charge is 0.224 e. The number of amides is 1. The maximum Gasteiger partial charge on any atom is 0.224 e. The summed E-state index contributed by atoms with van der Waals surface area (Å²) in [5, 5.41) is 19.3. The van der Waals surface area contributed by atoms with Crippen molar-refractivity contribution in [1.29, 1.82) is 5.26 Å². The molecule has 4 nitrogen and oxygen atoms in total. The SMILES string of the molecule is CC(C)(C#N)CC(=O)N1CCC[C@@H]1[C@H]1CCCC[C@H]1O. The number of hydrogen-bond acceptors (Lipinski definition) is 3. The fraction of sp³-hybridized carbons (Fsp3) is 0.875. The van der Waals surface area contributed by atoms with E-state index in [2.05, 4.69) is 6.07 Å². The summed E-state index contributed by atoms with van der Waals surface area (Å²) in [6.45, 7) is 4.41. The Morgan fingerprint density at radius 3 is 2.65 bits per heavy atom. The molecule has 1 N–H and O–H groups in total. The zero-order valence-corrected chi connectivity index (χ0v) is 12.6. The Morgan fingerprint density at radius 1 is 1.30 bits per heavy atom. The largest absolute Gasteiger partial charge is 0.393 e. The Labute approximate surface area is 121 Å². The van der Waals surface area contributed by atoms with Crippen LogP contribution in [0.25, 0.3) is 0 Å². The molecule has 2 fully saturated rings. The van der Waals surface area contributed by atoms with Gasteiger partial charge in [-0.05, 0) is 39.5 Å². The average Bonchev–Trinajstić information content (AvgIpc) is 2.88. The number of likely N-dealkylation sites (tertiary alicyclic amines) is 1. The van der Waals surface area contributed by atoms with E-state index in [1.807, 2.05) is 18.7 Å². The second kappa shape index (κ2) is 6.13. The standard InChI is InChI=1S/C16H26N2O2/c1-16(2,11-17)10-15(20)18-9-5-7-13(18)12-6-3-4-8-14(12)19/h12-14,19H,3-10H2,1-2H3/t12-,13-,14-/m1/s1. The van der Waals surface area contributed by atoms with Gasteiger partial charge >= 0.3 is 0 Å². The minimum atomic E-state index is -0.602. The quantitative estimate of drug-likeness (QED) is 0.862. The first kappa shape index (κ1) is 15.3. The van der Waals surface area contributed by atoms with E-state index in [9.17, 15) is 9.90 Å². The molecule has 1 heterocycles. The van der Waals surface area contributed by atoms with Gasteiger partial charge in [0, 0.05) is 24.9 Å². The summed E-state index contributed by atoms with van der Waals surface area (Å²) in [4.78, 5) is 14.4. The maximum absolute atomic E-state index is 12.5. The van der Waals surface area contributed by atoms with Crippen molar-refractivity contribution in [1.82, 2.24) is 4.90 Å². The van der Waals surface area contributed by atoms with E-state index in [0.717, 1.165) is 45.1 Å². The molecule has 0 unspecified atom stereocenters. The van der Waals surface area contributed by atoms with Gasteiger partial charge in [0.1, 0.15) is 0 Å². The lowest BCUT2D eigenvalue weighted by molar-refractivity contribution is -0.135. The Morgan fingerprint density at radius 2 is 2.00 bits per heavy atom. The zero-order chi connectivity index (χ0) is 14.8. The fourth-order valence-electron chi connectivity index (χ4n) is 3.66. The highest BCUT2D eigenvalue weighted by Gasteiger charge is 2.39. The second-order valence-electron chi connectivity index (χ2n) is 6.98. The van der Waals surface area contributed by atoms with Gasteiger partial charge in [-0.3, -0.25) is 4.79 Å². The molecule has 1 amide bonds. The van der Waals surface area contributed by atoms with E-state index in [0.29, 0.717) is 0 Å². The van der Waals surface area contributed by atoms with Crippen LogP contribution in [-0.2, 0) is 4.79 Å². The lowest BCUT2D eigenvalue weighted by Gasteiger charge is -2.37. The van der Waals surface area contributed by atoms with Crippen molar-refractivity contribution in [2.24, 2.45) is 11.3 Å². The topological polar surface area (TPSA) is 64.3 Å². The first-order valence-corrected chi connectivity index (χ1v) is 7.83. The van der Waals surface area contributed by atoms with Crippen molar-refractivity contribution in [3.8, 4) is 6.07 Å². The van der Waals surface area contributed by atoms with Crippen LogP contribution in [0.1, 0.15) is 58.8 Å². The van der Waals surface area contributed by atoms with Gasteiger partial charge in [0.25, 0.3) is 0 Å². The number of aliphatic hydroxyl groups excluding tert-OH is 1. The number of rotatable bonds is 3. The third kappa shape index (κ3) is 3.32. The molecular formula is C16H26N2O2. The van der Waals surface area contributed by atoms with E-state index < -0.39 is 5.41 Å². The van der Waals surface area contributed by atoms with Crippen molar-refractivity contribution in [3.05, 3.63) is 0 Å². The normalized spacial score (nSPS) is 31.1. The van der Waals surface area contributed by atoms with E-state index in [1.165, 1.54) is 0 Å². The van der Waals surface area contributed by atoms with E-state index in [1.54, 1.807) is 0 Å². The van der Waals surface area contributed by atoms with Crippen molar-refractivity contribution in [2.45, 2.75) is 70.9 Å². The first-order valence-electron chi connectivity index (χ1n) is 7.83. The van der Waals surface area contributed by atoms with Gasteiger partial charge < -0.3 is 10.0 Å². The number of nitriles is 1. The van der Waals surface area contributed by atoms with Crippen LogP contribution in [0, 0.1) is 22.7 Å². The molecular weight excluding hydrogens is 252 g/mol. The number of hydrogen-bond donors (Lipinski definition) is 1. The molecule has 0 aromatic carbocycles. The number of carbonyl (C=O) groups is 1. The van der Waals surface area contributed by atoms with Crippen LogP contribution < -0.4 is 0 Å². The molecule has 0 spiro atoms. The Hall–Kier alpha value is -1.08. The second-order valence-corrected chi connectivity index (χ2v) is 6.98. The lowest BCUT2D eigenvalue weighted by atomic mass is 9.80. The third-order valence-electron chi connectivity index (χ3n) is 4.79. The highest BCUT2D eigenvalue weighted by atomic mass is 16.3. The van der Waals surface area contributed by atoms with Gasteiger partial charge in [0.05, 0.1) is 17.6 Å². The number of nitrogens with zero attached hydrogens (tertiary/aromatic N) is 2. The molecule has 0 aromatic heterocycles. The lowest BCUT2D eigenvalue weighted by Crippen LogP contribution is -2.46. The van der Waals surface area contributed by atoms with E-state index in [-0.39, 0.29) is 30.4 Å². The molecule has 112 valence electrons. The molecule has 1 aliphatic heterocycles. The zero-order valence-electron chi connectivity index (χ0n) is 12.6. The summed E-state index contributed by atoms with van der Waals surface area (Å²) in [5.74, 6) is 0.317. The van der Waals surface area contributed by atoms with Gasteiger partial charge in [-0.1, -0.05) is 12.8 Å². The van der Waals surface area contributed by atoms with Crippen LogP contribution in [0.15, 0.2) is 0 Å². The molecule has 0 bridgehead atoms. The predicted octanol–water partition coefficient (Wildman–Crippen LogP) is 2.47. The Balaban J connectivity index is 2.03. The van der Waals surface area contributed by atoms with E-state index >= 15 is 0 Å². The van der Waals surface area contributed by atoms with Gasteiger partial charge in [-0.2, -0.15) is 5.26 Å². The summed E-state index contributed by atoms with van der Waals surface area (Å²) >= 11 is 0. The monoisotopic (exact) mass is 278 g/mol. The highest BCUT2D eigenvalue weighted by Crippen LogP contribution is 2.35. The Kier molecular flexibility index (Phi) is 4.70. The molecule has 4 heteroatoms. The summed E-state index contributed by atoms with van der Waals surface area (Å²) in [6.07, 6.45) is 6.19. The fourth-order valence-corrected chi connectivity index (χ4v) is 3.66. The molecule has 2 rings (SSSR count). The van der Waals surface area contributed by atoms with Crippen LogP contribution >= 0.6 is 0 Å². The summed E-state index contributed by atoms with van der Waals surface area (Å²) in [7, 11) is 0. The van der Waals surface area contributed by atoms with Crippen LogP contribution in [0.3, 0.4) is 0 Å². The van der Waals surface area contributed by atoms with Crippen LogP contribution in [-0.4, -0.2) is 34.6 Å². The van der Waals surface area contributed by atoms with Crippen molar-refractivity contribution < 1.29 is 9.90 Å². The predicted molar refractivity (Wildman–Crippen MR) is 76.7 cm³/mol. The number of aliphatic hydroxyl groups is 1. The Bertz CT molecular complexity index is 400. The average molecular weight is 278 g/mol. The van der Waals surface area contributed by atoms with Crippen LogP contribution in [0.4, 0.5) is 0 Å². The first-order chi connectivity index (χ1) is 9.44. The molecule has 3 atom stereocenters. The molecule has 1 aliphatic carbocycles. The molecule has 1 saturated carbocycles. The van der Waals surface area contributed by atoms with Gasteiger partial charge in [-0.15, -0.1) is 0 Å². The van der Waals surface area contributed by atoms with Gasteiger partial charge in [0.2, 0.25) is 5.91 Å². The van der Waals surface area contributed by atoms with Crippen molar-refractivity contribution in [2.75, 3.05) is 6.54 Å². The van der Waals surface area contributed by atoms with E-state index in [4.69, 9.17) is 5.26 Å². The summed E-state index contributed by atoms with van der Waals surface area (Å²) < 4.78 is 0. The van der Waals surface area contributed by atoms with Gasteiger partial charge in [0.15, 0.2) is 0 Å².